The number of ether oxygens (including phenoxy) is 1. The first-order valence-corrected chi connectivity index (χ1v) is 12.0. The first-order chi connectivity index (χ1) is 14.8. The van der Waals surface area contributed by atoms with Gasteiger partial charge in [-0.25, -0.2) is 9.67 Å². The van der Waals surface area contributed by atoms with Crippen LogP contribution in [0.25, 0.3) is 10.2 Å². The van der Waals surface area contributed by atoms with Crippen LogP contribution in [0.1, 0.15) is 44.5 Å². The lowest BCUT2D eigenvalue weighted by Gasteiger charge is -2.36. The molecule has 0 radical (unpaired) electrons. The summed E-state index contributed by atoms with van der Waals surface area (Å²) in [7, 11) is 0. The van der Waals surface area contributed by atoms with Gasteiger partial charge in [-0.1, -0.05) is 36.8 Å². The number of fused-ring (bicyclic) bond motifs is 1. The van der Waals surface area contributed by atoms with Crippen LogP contribution in [-0.4, -0.2) is 64.1 Å². The maximum atomic E-state index is 5.82. The van der Waals surface area contributed by atoms with E-state index in [1.807, 2.05) is 4.68 Å². The van der Waals surface area contributed by atoms with Crippen LogP contribution >= 0.6 is 11.3 Å². The zero-order valence-electron chi connectivity index (χ0n) is 17.5. The number of hydrogen-bond acceptors (Lipinski definition) is 7. The molecule has 0 saturated carbocycles. The smallest absolute Gasteiger partial charge is 0.209 e. The number of tetrazole rings is 1. The minimum Gasteiger partial charge on any atom is -0.376 e. The molecular formula is C21H30N7OS+. The number of hydrogen-bond donors (Lipinski definition) is 1. The highest BCUT2D eigenvalue weighted by Gasteiger charge is 2.33. The fourth-order valence-corrected chi connectivity index (χ4v) is 5.72. The Labute approximate surface area is 180 Å². The molecule has 0 spiro atoms. The number of nitrogens with one attached hydrogen (secondary N) is 1. The van der Waals surface area contributed by atoms with E-state index in [4.69, 9.17) is 9.72 Å². The van der Waals surface area contributed by atoms with Crippen LogP contribution in [-0.2, 0) is 11.3 Å². The van der Waals surface area contributed by atoms with Crippen LogP contribution in [0.2, 0.25) is 0 Å². The Morgan fingerprint density at radius 1 is 1.27 bits per heavy atom. The molecule has 1 aromatic carbocycles. The van der Waals surface area contributed by atoms with Gasteiger partial charge < -0.3 is 14.5 Å². The summed E-state index contributed by atoms with van der Waals surface area (Å²) in [5.74, 6) is 1.02. The second kappa shape index (κ2) is 8.95. The van der Waals surface area contributed by atoms with Crippen LogP contribution in [0.3, 0.4) is 0 Å². The van der Waals surface area contributed by atoms with Gasteiger partial charge in [0.1, 0.15) is 6.04 Å². The zero-order chi connectivity index (χ0) is 20.3. The highest BCUT2D eigenvalue weighted by molar-refractivity contribution is 7.22. The number of para-hydroxylation sites is 1. The van der Waals surface area contributed by atoms with Crippen LogP contribution in [0, 0.1) is 0 Å². The van der Waals surface area contributed by atoms with Crippen molar-refractivity contribution in [3.8, 4) is 0 Å². The molecule has 3 aromatic rings. The van der Waals surface area contributed by atoms with Gasteiger partial charge in [-0.05, 0) is 35.4 Å². The summed E-state index contributed by atoms with van der Waals surface area (Å²) >= 11 is 1.80. The molecule has 2 saturated heterocycles. The Balaban J connectivity index is 1.28. The first-order valence-electron chi connectivity index (χ1n) is 11.1. The third-order valence-corrected chi connectivity index (χ3v) is 7.40. The SMILES string of the molecule is CCC[C@H](c1nnnn1C[C@@H]1CCCO1)[NH+]1CCN(c2nc3ccccc3s2)CC1. The van der Waals surface area contributed by atoms with Crippen molar-refractivity contribution in [2.45, 2.75) is 51.3 Å². The number of benzene rings is 1. The van der Waals surface area contributed by atoms with Gasteiger partial charge >= 0.3 is 0 Å². The largest absolute Gasteiger partial charge is 0.376 e. The highest BCUT2D eigenvalue weighted by atomic mass is 32.1. The van der Waals surface area contributed by atoms with E-state index in [2.05, 4.69) is 51.6 Å². The molecule has 2 aliphatic rings. The van der Waals surface area contributed by atoms with Gasteiger partial charge in [0.25, 0.3) is 0 Å². The maximum Gasteiger partial charge on any atom is 0.209 e. The van der Waals surface area contributed by atoms with Crippen molar-refractivity contribution in [1.29, 1.82) is 0 Å². The molecule has 1 N–H and O–H groups in total. The normalized spacial score (nSPS) is 21.5. The Bertz CT molecular complexity index is 926. The van der Waals surface area contributed by atoms with Gasteiger partial charge in [-0.3, -0.25) is 0 Å². The molecule has 0 bridgehead atoms. The summed E-state index contributed by atoms with van der Waals surface area (Å²) < 4.78 is 9.09. The van der Waals surface area contributed by atoms with E-state index >= 15 is 0 Å². The van der Waals surface area contributed by atoms with Crippen LogP contribution in [0.15, 0.2) is 24.3 Å². The lowest BCUT2D eigenvalue weighted by molar-refractivity contribution is -0.933. The quantitative estimate of drug-likeness (QED) is 0.618. The number of piperazine rings is 1. The van der Waals surface area contributed by atoms with Gasteiger partial charge in [-0.15, -0.1) is 5.10 Å². The van der Waals surface area contributed by atoms with Crippen molar-refractivity contribution in [2.24, 2.45) is 0 Å². The predicted octanol–water partition coefficient (Wildman–Crippen LogP) is 1.71. The van der Waals surface area contributed by atoms with Crippen molar-refractivity contribution in [1.82, 2.24) is 25.2 Å². The fourth-order valence-electron chi connectivity index (χ4n) is 4.71. The third-order valence-electron chi connectivity index (χ3n) is 6.30. The minimum absolute atomic E-state index is 0.250. The second-order valence-electron chi connectivity index (χ2n) is 8.30. The van der Waals surface area contributed by atoms with Gasteiger partial charge in [0.2, 0.25) is 5.82 Å². The average Bonchev–Trinajstić information content (AvgIpc) is 3.53. The van der Waals surface area contributed by atoms with E-state index in [0.29, 0.717) is 6.04 Å². The molecule has 5 rings (SSSR count). The van der Waals surface area contributed by atoms with Crippen molar-refractivity contribution < 1.29 is 9.64 Å². The monoisotopic (exact) mass is 428 g/mol. The first kappa shape index (κ1) is 19.8. The van der Waals surface area contributed by atoms with Crippen LogP contribution in [0.4, 0.5) is 5.13 Å². The van der Waals surface area contributed by atoms with Crippen LogP contribution < -0.4 is 9.80 Å². The van der Waals surface area contributed by atoms with Gasteiger partial charge in [0, 0.05) is 13.0 Å². The molecule has 9 heteroatoms. The van der Waals surface area contributed by atoms with E-state index in [9.17, 15) is 0 Å². The van der Waals surface area contributed by atoms with Gasteiger partial charge in [0.05, 0.1) is 49.0 Å². The van der Waals surface area contributed by atoms with E-state index in [1.54, 1.807) is 16.2 Å². The second-order valence-corrected chi connectivity index (χ2v) is 9.31. The Hall–Kier alpha value is -2.10. The molecule has 0 amide bonds. The van der Waals surface area contributed by atoms with Crippen molar-refractivity contribution >= 4 is 26.7 Å². The zero-order valence-corrected chi connectivity index (χ0v) is 18.4. The molecule has 2 atom stereocenters. The molecule has 30 heavy (non-hydrogen) atoms. The molecule has 0 unspecified atom stereocenters. The predicted molar refractivity (Wildman–Crippen MR) is 117 cm³/mol. The molecule has 4 heterocycles. The Morgan fingerprint density at radius 3 is 2.90 bits per heavy atom. The van der Waals surface area contributed by atoms with Crippen molar-refractivity contribution in [2.75, 3.05) is 37.7 Å². The molecule has 2 aromatic heterocycles. The van der Waals surface area contributed by atoms with Gasteiger partial charge in [-0.2, -0.15) is 0 Å². The standard InChI is InChI=1S/C21H29N7OS/c1-2-6-18(20-23-24-25-28(20)15-16-7-5-14-29-16)26-10-12-27(13-11-26)21-22-17-8-3-4-9-19(17)30-21/h3-4,8-9,16,18H,2,5-7,10-15H2,1H3/p+1/t16-,18+/m0/s1. The topological polar surface area (TPSA) is 73.4 Å². The lowest BCUT2D eigenvalue weighted by Crippen LogP contribution is -3.15. The lowest BCUT2D eigenvalue weighted by atomic mass is 10.1. The average molecular weight is 429 g/mol. The third kappa shape index (κ3) is 4.06. The number of aromatic nitrogens is 5. The van der Waals surface area contributed by atoms with Gasteiger partial charge in [0.15, 0.2) is 5.13 Å². The summed E-state index contributed by atoms with van der Waals surface area (Å²) in [5, 5.41) is 13.9. The Morgan fingerprint density at radius 2 is 2.13 bits per heavy atom. The number of quaternary nitrogens is 1. The summed E-state index contributed by atoms with van der Waals surface area (Å²) in [6.45, 7) is 8.07. The Kier molecular flexibility index (Phi) is 5.92. The fraction of sp³-hybridized carbons (Fsp3) is 0.619. The van der Waals surface area contributed by atoms with E-state index in [0.717, 1.165) is 81.5 Å². The molecule has 160 valence electrons. The minimum atomic E-state index is 0.250. The summed E-state index contributed by atoms with van der Waals surface area (Å²) in [6, 6.07) is 8.74. The van der Waals surface area contributed by atoms with E-state index in [1.165, 1.54) is 4.70 Å². The molecule has 8 nitrogen and oxygen atoms in total. The van der Waals surface area contributed by atoms with Crippen LogP contribution in [0.5, 0.6) is 0 Å². The number of rotatable bonds is 7. The molecule has 2 aliphatic heterocycles. The van der Waals surface area contributed by atoms with Crippen molar-refractivity contribution in [3.05, 3.63) is 30.1 Å². The number of thiazole rings is 1. The van der Waals surface area contributed by atoms with E-state index < -0.39 is 0 Å². The summed E-state index contributed by atoms with van der Waals surface area (Å²) in [6.07, 6.45) is 4.72. The summed E-state index contributed by atoms with van der Waals surface area (Å²) in [5.41, 5.74) is 1.10. The molecule has 0 aliphatic carbocycles. The van der Waals surface area contributed by atoms with Crippen molar-refractivity contribution in [3.63, 3.8) is 0 Å². The summed E-state index contributed by atoms with van der Waals surface area (Å²) in [4.78, 5) is 8.87. The highest BCUT2D eigenvalue weighted by Crippen LogP contribution is 2.28. The molecular weight excluding hydrogens is 398 g/mol. The maximum absolute atomic E-state index is 5.82. The van der Waals surface area contributed by atoms with E-state index in [-0.39, 0.29) is 6.10 Å². The number of nitrogens with zero attached hydrogens (tertiary/aromatic N) is 6. The number of anilines is 1. The molecule has 2 fully saturated rings.